The van der Waals surface area contributed by atoms with E-state index in [9.17, 15) is 8.78 Å². The van der Waals surface area contributed by atoms with Crippen LogP contribution in [0.15, 0.2) is 43.0 Å². The summed E-state index contributed by atoms with van der Waals surface area (Å²) in [6.07, 6.45) is 6.05. The zero-order valence-corrected chi connectivity index (χ0v) is 12.4. The highest BCUT2D eigenvalue weighted by molar-refractivity contribution is 5.61. The summed E-state index contributed by atoms with van der Waals surface area (Å²) >= 11 is 0. The van der Waals surface area contributed by atoms with Crippen molar-refractivity contribution in [3.8, 4) is 11.1 Å². The van der Waals surface area contributed by atoms with E-state index in [4.69, 9.17) is 0 Å². The molecule has 0 aliphatic carbocycles. The molecule has 0 aliphatic heterocycles. The van der Waals surface area contributed by atoms with Crippen molar-refractivity contribution >= 4 is 0 Å². The quantitative estimate of drug-likeness (QED) is 0.743. The van der Waals surface area contributed by atoms with Crippen LogP contribution in [0.25, 0.3) is 11.1 Å². The Bertz CT molecular complexity index is 551. The molecule has 1 aromatic heterocycles. The van der Waals surface area contributed by atoms with Crippen molar-refractivity contribution in [1.29, 1.82) is 0 Å². The Morgan fingerprint density at radius 2 is 1.62 bits per heavy atom. The second-order valence-electron chi connectivity index (χ2n) is 5.70. The third-order valence-corrected chi connectivity index (χ3v) is 3.47. The number of hydrogen-bond donors (Lipinski definition) is 0. The number of aromatic nitrogens is 2. The first-order valence-corrected chi connectivity index (χ1v) is 7.23. The molecule has 0 saturated heterocycles. The van der Waals surface area contributed by atoms with Crippen molar-refractivity contribution in [1.82, 2.24) is 9.97 Å². The van der Waals surface area contributed by atoms with Crippen LogP contribution in [0.5, 0.6) is 0 Å². The Kier molecular flexibility index (Phi) is 4.99. The van der Waals surface area contributed by atoms with Gasteiger partial charge in [-0.15, -0.1) is 0 Å². The molecular weight excluding hydrogens is 270 g/mol. The zero-order valence-electron chi connectivity index (χ0n) is 12.4. The molecule has 2 nitrogen and oxygen atoms in total. The SMILES string of the molecule is CC(C)CCCC(F)(F)c1ccc(-c2cncnc2)cc1. The third-order valence-electron chi connectivity index (χ3n) is 3.47. The maximum atomic E-state index is 14.1. The molecule has 0 N–H and O–H groups in total. The highest BCUT2D eigenvalue weighted by Crippen LogP contribution is 2.34. The third kappa shape index (κ3) is 4.31. The molecule has 0 aliphatic rings. The fourth-order valence-electron chi connectivity index (χ4n) is 2.23. The van der Waals surface area contributed by atoms with Crippen LogP contribution in [0.1, 0.15) is 38.7 Å². The number of nitrogens with zero attached hydrogens (tertiary/aromatic N) is 2. The van der Waals surface area contributed by atoms with Gasteiger partial charge in [0.05, 0.1) is 0 Å². The maximum absolute atomic E-state index is 14.1. The van der Waals surface area contributed by atoms with Gasteiger partial charge in [-0.1, -0.05) is 44.5 Å². The Hall–Kier alpha value is -1.84. The molecule has 2 aromatic rings. The van der Waals surface area contributed by atoms with Gasteiger partial charge in [-0.2, -0.15) is 0 Å². The van der Waals surface area contributed by atoms with Gasteiger partial charge in [0.25, 0.3) is 5.92 Å². The monoisotopic (exact) mass is 290 g/mol. The molecule has 0 spiro atoms. The van der Waals surface area contributed by atoms with E-state index in [-0.39, 0.29) is 12.0 Å². The van der Waals surface area contributed by atoms with Gasteiger partial charge in [-0.05, 0) is 17.9 Å². The number of alkyl halides is 2. The Morgan fingerprint density at radius 1 is 1.00 bits per heavy atom. The second kappa shape index (κ2) is 6.74. The average Bonchev–Trinajstić information content (AvgIpc) is 2.48. The van der Waals surface area contributed by atoms with Crippen molar-refractivity contribution in [3.05, 3.63) is 48.5 Å². The molecule has 0 radical (unpaired) electrons. The zero-order chi connectivity index (χ0) is 15.3. The van der Waals surface area contributed by atoms with Gasteiger partial charge >= 0.3 is 0 Å². The van der Waals surface area contributed by atoms with Crippen LogP contribution in [0.3, 0.4) is 0 Å². The normalized spacial score (nSPS) is 11.9. The lowest BCUT2D eigenvalue weighted by molar-refractivity contribution is -0.0163. The standard InChI is InChI=1S/C17H20F2N2/c1-13(2)4-3-9-17(18,19)16-7-5-14(6-8-16)15-10-20-12-21-11-15/h5-8,10-13H,3-4,9H2,1-2H3. The van der Waals surface area contributed by atoms with Gasteiger partial charge in [0.2, 0.25) is 0 Å². The lowest BCUT2D eigenvalue weighted by Crippen LogP contribution is -2.13. The van der Waals surface area contributed by atoms with Gasteiger partial charge in [-0.25, -0.2) is 18.7 Å². The van der Waals surface area contributed by atoms with Crippen LogP contribution in [0.2, 0.25) is 0 Å². The van der Waals surface area contributed by atoms with Gasteiger partial charge < -0.3 is 0 Å². The lowest BCUT2D eigenvalue weighted by atomic mass is 9.97. The molecule has 0 amide bonds. The van der Waals surface area contributed by atoms with E-state index >= 15 is 0 Å². The summed E-state index contributed by atoms with van der Waals surface area (Å²) in [5.41, 5.74) is 1.75. The van der Waals surface area contributed by atoms with Crippen molar-refractivity contribution < 1.29 is 8.78 Å². The van der Waals surface area contributed by atoms with E-state index in [0.29, 0.717) is 12.3 Å². The molecule has 0 fully saturated rings. The minimum atomic E-state index is -2.76. The summed E-state index contributed by atoms with van der Waals surface area (Å²) in [5, 5.41) is 0. The number of halogens is 2. The van der Waals surface area contributed by atoms with Crippen LogP contribution in [0.4, 0.5) is 8.78 Å². The first-order chi connectivity index (χ1) is 9.99. The highest BCUT2D eigenvalue weighted by atomic mass is 19.3. The van der Waals surface area contributed by atoms with Gasteiger partial charge in [-0.3, -0.25) is 0 Å². The summed E-state index contributed by atoms with van der Waals surface area (Å²) in [5.74, 6) is -2.30. The summed E-state index contributed by atoms with van der Waals surface area (Å²) in [6.45, 7) is 4.10. The van der Waals surface area contributed by atoms with E-state index in [0.717, 1.165) is 17.5 Å². The lowest BCUT2D eigenvalue weighted by Gasteiger charge is -2.17. The molecule has 0 bridgehead atoms. The molecule has 1 heterocycles. The molecule has 4 heteroatoms. The second-order valence-corrected chi connectivity index (χ2v) is 5.70. The molecular formula is C17H20F2N2. The Labute approximate surface area is 124 Å². The van der Waals surface area contributed by atoms with Crippen molar-refractivity contribution in [3.63, 3.8) is 0 Å². The first-order valence-electron chi connectivity index (χ1n) is 7.23. The van der Waals surface area contributed by atoms with E-state index in [2.05, 4.69) is 23.8 Å². The fraction of sp³-hybridized carbons (Fsp3) is 0.412. The topological polar surface area (TPSA) is 25.8 Å². The number of benzene rings is 1. The largest absolute Gasteiger partial charge is 0.273 e. The molecule has 0 unspecified atom stereocenters. The smallest absolute Gasteiger partial charge is 0.244 e. The number of rotatable bonds is 6. The van der Waals surface area contributed by atoms with E-state index in [1.807, 2.05) is 0 Å². The van der Waals surface area contributed by atoms with Gasteiger partial charge in [0, 0.05) is 29.9 Å². The van der Waals surface area contributed by atoms with Gasteiger partial charge in [0.15, 0.2) is 0 Å². The minimum Gasteiger partial charge on any atom is -0.244 e. The van der Waals surface area contributed by atoms with Crippen LogP contribution in [-0.2, 0) is 5.92 Å². The Balaban J connectivity index is 2.07. The molecule has 1 aromatic carbocycles. The van der Waals surface area contributed by atoms with Gasteiger partial charge in [0.1, 0.15) is 6.33 Å². The van der Waals surface area contributed by atoms with Crippen LogP contribution < -0.4 is 0 Å². The predicted molar refractivity (Wildman–Crippen MR) is 80.1 cm³/mol. The molecule has 0 saturated carbocycles. The molecule has 0 atom stereocenters. The van der Waals surface area contributed by atoms with E-state index in [1.165, 1.54) is 18.5 Å². The summed E-state index contributed by atoms with van der Waals surface area (Å²) in [6, 6.07) is 6.39. The fourth-order valence-corrected chi connectivity index (χ4v) is 2.23. The van der Waals surface area contributed by atoms with Crippen LogP contribution >= 0.6 is 0 Å². The van der Waals surface area contributed by atoms with E-state index < -0.39 is 5.92 Å². The van der Waals surface area contributed by atoms with Crippen molar-refractivity contribution in [2.24, 2.45) is 5.92 Å². The van der Waals surface area contributed by atoms with E-state index in [1.54, 1.807) is 24.5 Å². The van der Waals surface area contributed by atoms with Crippen molar-refractivity contribution in [2.75, 3.05) is 0 Å². The number of hydrogen-bond acceptors (Lipinski definition) is 2. The highest BCUT2D eigenvalue weighted by Gasteiger charge is 2.30. The first kappa shape index (κ1) is 15.5. The molecule has 21 heavy (non-hydrogen) atoms. The summed E-state index contributed by atoms with van der Waals surface area (Å²) in [4.78, 5) is 7.86. The van der Waals surface area contributed by atoms with Crippen LogP contribution in [0, 0.1) is 5.92 Å². The predicted octanol–water partition coefficient (Wildman–Crippen LogP) is 5.06. The summed E-state index contributed by atoms with van der Waals surface area (Å²) < 4.78 is 28.2. The Morgan fingerprint density at radius 3 is 2.19 bits per heavy atom. The molecule has 112 valence electrons. The summed E-state index contributed by atoms with van der Waals surface area (Å²) in [7, 11) is 0. The van der Waals surface area contributed by atoms with Crippen molar-refractivity contribution in [2.45, 2.75) is 39.0 Å². The minimum absolute atomic E-state index is 0.0758. The maximum Gasteiger partial charge on any atom is 0.273 e. The molecule has 2 rings (SSSR count). The average molecular weight is 290 g/mol. The van der Waals surface area contributed by atoms with Crippen LogP contribution in [-0.4, -0.2) is 9.97 Å².